The quantitative estimate of drug-likeness (QED) is 0.886. The molecule has 0 spiro atoms. The summed E-state index contributed by atoms with van der Waals surface area (Å²) in [5, 5.41) is 18.6. The molecule has 5 nitrogen and oxygen atoms in total. The molecule has 1 aromatic heterocycles. The number of nitrogens with zero attached hydrogens (tertiary/aromatic N) is 3. The lowest BCUT2D eigenvalue weighted by molar-refractivity contribution is -0.146. The molecule has 5 heteroatoms. The Morgan fingerprint density at radius 3 is 3.00 bits per heavy atom. The SMILES string of the molecule is CC1(C(=O)O)CCN(c2nc3c(cc2C#N)CCC3)C1. The van der Waals surface area contributed by atoms with E-state index in [1.54, 1.807) is 6.92 Å². The van der Waals surface area contributed by atoms with Crippen LogP contribution < -0.4 is 4.90 Å². The van der Waals surface area contributed by atoms with Gasteiger partial charge in [-0.3, -0.25) is 4.79 Å². The first-order valence-electron chi connectivity index (χ1n) is 6.95. The van der Waals surface area contributed by atoms with Crippen LogP contribution >= 0.6 is 0 Å². The van der Waals surface area contributed by atoms with Gasteiger partial charge in [0.1, 0.15) is 11.9 Å². The number of rotatable bonds is 2. The third-order valence-electron chi connectivity index (χ3n) is 4.44. The standard InChI is InChI=1S/C15H17N3O2/c1-15(14(19)20)5-6-18(9-15)13-11(8-16)7-10-3-2-4-12(10)17-13/h7H,2-6,9H2,1H3,(H,19,20). The Morgan fingerprint density at radius 2 is 2.35 bits per heavy atom. The highest BCUT2D eigenvalue weighted by Gasteiger charge is 2.41. The summed E-state index contributed by atoms with van der Waals surface area (Å²) in [4.78, 5) is 17.9. The van der Waals surface area contributed by atoms with Gasteiger partial charge >= 0.3 is 5.97 Å². The van der Waals surface area contributed by atoms with Crippen LogP contribution in [0.15, 0.2) is 6.07 Å². The Morgan fingerprint density at radius 1 is 1.55 bits per heavy atom. The molecule has 1 aromatic rings. The van der Waals surface area contributed by atoms with Crippen molar-refractivity contribution in [3.8, 4) is 6.07 Å². The smallest absolute Gasteiger partial charge is 0.311 e. The van der Waals surface area contributed by atoms with Crippen molar-refractivity contribution in [2.45, 2.75) is 32.6 Å². The molecule has 1 unspecified atom stereocenters. The van der Waals surface area contributed by atoms with Crippen LogP contribution in [0.5, 0.6) is 0 Å². The van der Waals surface area contributed by atoms with Crippen molar-refractivity contribution in [2.24, 2.45) is 5.41 Å². The number of nitriles is 1. The number of pyridine rings is 1. The van der Waals surface area contributed by atoms with Gasteiger partial charge in [0.25, 0.3) is 0 Å². The highest BCUT2D eigenvalue weighted by molar-refractivity contribution is 5.76. The summed E-state index contributed by atoms with van der Waals surface area (Å²) < 4.78 is 0. The number of hydrogen-bond acceptors (Lipinski definition) is 4. The summed E-state index contributed by atoms with van der Waals surface area (Å²) in [6, 6.07) is 4.14. The maximum Gasteiger partial charge on any atom is 0.311 e. The predicted octanol–water partition coefficient (Wildman–Crippen LogP) is 1.74. The van der Waals surface area contributed by atoms with Crippen molar-refractivity contribution in [2.75, 3.05) is 18.0 Å². The van der Waals surface area contributed by atoms with E-state index in [0.717, 1.165) is 25.0 Å². The minimum atomic E-state index is -0.778. The second kappa shape index (κ2) is 4.48. The lowest BCUT2D eigenvalue weighted by atomic mass is 9.90. The monoisotopic (exact) mass is 271 g/mol. The van der Waals surface area contributed by atoms with Crippen molar-refractivity contribution in [1.29, 1.82) is 5.26 Å². The van der Waals surface area contributed by atoms with Gasteiger partial charge in [-0.05, 0) is 44.2 Å². The number of carboxylic acids is 1. The maximum absolute atomic E-state index is 11.3. The largest absolute Gasteiger partial charge is 0.481 e. The van der Waals surface area contributed by atoms with Crippen molar-refractivity contribution >= 4 is 11.8 Å². The first-order valence-corrected chi connectivity index (χ1v) is 6.95. The number of carbonyl (C=O) groups is 1. The van der Waals surface area contributed by atoms with Crippen LogP contribution in [0.25, 0.3) is 0 Å². The fourth-order valence-corrected chi connectivity index (χ4v) is 3.10. The highest BCUT2D eigenvalue weighted by atomic mass is 16.4. The van der Waals surface area contributed by atoms with Crippen LogP contribution in [-0.4, -0.2) is 29.1 Å². The number of aromatic nitrogens is 1. The Kier molecular flexibility index (Phi) is 2.89. The average Bonchev–Trinajstić information content (AvgIpc) is 3.03. The Balaban J connectivity index is 1.96. The minimum absolute atomic E-state index is 0.419. The van der Waals surface area contributed by atoms with Crippen LogP contribution in [0.2, 0.25) is 0 Å². The average molecular weight is 271 g/mol. The molecule has 1 fully saturated rings. The van der Waals surface area contributed by atoms with Crippen LogP contribution in [0.1, 0.15) is 36.6 Å². The third-order valence-corrected chi connectivity index (χ3v) is 4.44. The Labute approximate surface area is 117 Å². The third kappa shape index (κ3) is 1.92. The number of hydrogen-bond donors (Lipinski definition) is 1. The fourth-order valence-electron chi connectivity index (χ4n) is 3.10. The first-order chi connectivity index (χ1) is 9.53. The van der Waals surface area contributed by atoms with E-state index in [-0.39, 0.29) is 0 Å². The van der Waals surface area contributed by atoms with Crippen molar-refractivity contribution in [3.05, 3.63) is 22.9 Å². The number of carboxylic acid groups (broad SMARTS) is 1. The summed E-state index contributed by atoms with van der Waals surface area (Å²) in [5.41, 5.74) is 2.07. The molecule has 1 saturated heterocycles. The van der Waals surface area contributed by atoms with E-state index < -0.39 is 11.4 Å². The molecule has 0 aromatic carbocycles. The molecule has 0 amide bonds. The van der Waals surface area contributed by atoms with Gasteiger partial charge in [0.05, 0.1) is 11.0 Å². The van der Waals surface area contributed by atoms with Gasteiger partial charge in [0, 0.05) is 18.8 Å². The van der Waals surface area contributed by atoms with E-state index in [1.165, 1.54) is 5.56 Å². The predicted molar refractivity (Wildman–Crippen MR) is 73.5 cm³/mol. The number of aryl methyl sites for hydroxylation is 2. The van der Waals surface area contributed by atoms with Gasteiger partial charge in [-0.1, -0.05) is 0 Å². The van der Waals surface area contributed by atoms with Gasteiger partial charge in [0.15, 0.2) is 0 Å². The van der Waals surface area contributed by atoms with Gasteiger partial charge in [-0.15, -0.1) is 0 Å². The molecule has 0 bridgehead atoms. The maximum atomic E-state index is 11.3. The summed E-state index contributed by atoms with van der Waals surface area (Å²) in [7, 11) is 0. The molecule has 1 N–H and O–H groups in total. The van der Waals surface area contributed by atoms with Crippen molar-refractivity contribution in [3.63, 3.8) is 0 Å². The molecular weight excluding hydrogens is 254 g/mol. The number of anilines is 1. The fraction of sp³-hybridized carbons (Fsp3) is 0.533. The molecule has 1 aliphatic heterocycles. The molecule has 2 aliphatic rings. The normalized spacial score (nSPS) is 24.5. The molecule has 2 heterocycles. The highest BCUT2D eigenvalue weighted by Crippen LogP contribution is 2.35. The zero-order chi connectivity index (χ0) is 14.3. The minimum Gasteiger partial charge on any atom is -0.481 e. The lowest BCUT2D eigenvalue weighted by Crippen LogP contribution is -2.32. The second-order valence-electron chi connectivity index (χ2n) is 5.97. The molecule has 0 radical (unpaired) electrons. The molecule has 1 aliphatic carbocycles. The molecule has 20 heavy (non-hydrogen) atoms. The summed E-state index contributed by atoms with van der Waals surface area (Å²) in [6.45, 7) is 2.82. The molecule has 1 atom stereocenters. The van der Waals surface area contributed by atoms with Crippen molar-refractivity contribution in [1.82, 2.24) is 4.98 Å². The molecular formula is C15H17N3O2. The van der Waals surface area contributed by atoms with Crippen LogP contribution in [0.3, 0.4) is 0 Å². The van der Waals surface area contributed by atoms with Gasteiger partial charge in [-0.2, -0.15) is 5.26 Å². The van der Waals surface area contributed by atoms with E-state index in [1.807, 2.05) is 11.0 Å². The van der Waals surface area contributed by atoms with Crippen LogP contribution in [0.4, 0.5) is 5.82 Å². The summed E-state index contributed by atoms with van der Waals surface area (Å²) in [5.74, 6) is -0.113. The lowest BCUT2D eigenvalue weighted by Gasteiger charge is -2.22. The molecule has 0 saturated carbocycles. The van der Waals surface area contributed by atoms with Crippen molar-refractivity contribution < 1.29 is 9.90 Å². The second-order valence-corrected chi connectivity index (χ2v) is 5.97. The van der Waals surface area contributed by atoms with Crippen LogP contribution in [-0.2, 0) is 17.6 Å². The Hall–Kier alpha value is -2.09. The van der Waals surface area contributed by atoms with E-state index in [4.69, 9.17) is 0 Å². The van der Waals surface area contributed by atoms with E-state index in [2.05, 4.69) is 11.1 Å². The van der Waals surface area contributed by atoms with Crippen LogP contribution in [0, 0.1) is 16.7 Å². The van der Waals surface area contributed by atoms with E-state index >= 15 is 0 Å². The number of fused-ring (bicyclic) bond motifs is 1. The zero-order valence-electron chi connectivity index (χ0n) is 11.5. The molecule has 3 rings (SSSR count). The van der Waals surface area contributed by atoms with E-state index in [9.17, 15) is 15.2 Å². The van der Waals surface area contributed by atoms with E-state index in [0.29, 0.717) is 30.9 Å². The first kappa shape index (κ1) is 12.9. The topological polar surface area (TPSA) is 77.2 Å². The summed E-state index contributed by atoms with van der Waals surface area (Å²) in [6.07, 6.45) is 3.62. The number of aliphatic carboxylic acids is 1. The van der Waals surface area contributed by atoms with Gasteiger partial charge in [-0.25, -0.2) is 4.98 Å². The zero-order valence-corrected chi connectivity index (χ0v) is 11.5. The van der Waals surface area contributed by atoms with Gasteiger partial charge < -0.3 is 10.0 Å². The summed E-state index contributed by atoms with van der Waals surface area (Å²) >= 11 is 0. The molecule has 104 valence electrons. The van der Waals surface area contributed by atoms with Gasteiger partial charge in [0.2, 0.25) is 0 Å². The Bertz CT molecular complexity index is 620.